The van der Waals surface area contributed by atoms with Crippen LogP contribution in [0.2, 0.25) is 0 Å². The lowest BCUT2D eigenvalue weighted by Crippen LogP contribution is -2.36. The summed E-state index contributed by atoms with van der Waals surface area (Å²) in [7, 11) is 6.18. The van der Waals surface area contributed by atoms with Gasteiger partial charge >= 0.3 is 5.97 Å². The molecule has 0 bridgehead atoms. The van der Waals surface area contributed by atoms with Crippen LogP contribution in [0.4, 0.5) is 0 Å². The monoisotopic (exact) mass is 220 g/mol. The number of rotatable bonds is 5. The van der Waals surface area contributed by atoms with E-state index >= 15 is 0 Å². The Kier molecular flexibility index (Phi) is 5.16. The minimum Gasteiger partial charge on any atom is -0.442 e. The van der Waals surface area contributed by atoms with Crippen molar-refractivity contribution >= 4 is 17.6 Å². The van der Waals surface area contributed by atoms with Crippen molar-refractivity contribution in [3.63, 3.8) is 0 Å². The summed E-state index contributed by atoms with van der Waals surface area (Å²) in [6.07, 6.45) is 0.643. The second kappa shape index (κ2) is 5.37. The Bertz CT molecular complexity index is 221. The maximum atomic E-state index is 11.1. The van der Waals surface area contributed by atoms with Gasteiger partial charge in [-0.05, 0) is 6.92 Å². The molecule has 0 rings (SSSR count). The van der Waals surface area contributed by atoms with Crippen LogP contribution in [-0.4, -0.2) is 43.7 Å². The van der Waals surface area contributed by atoms with Crippen molar-refractivity contribution in [2.75, 3.05) is 27.7 Å². The van der Waals surface area contributed by atoms with Crippen molar-refractivity contribution in [1.29, 1.82) is 0 Å². The lowest BCUT2D eigenvalue weighted by Gasteiger charge is -2.24. The molecule has 82 valence electrons. The topological polar surface area (TPSA) is 26.3 Å². The predicted molar refractivity (Wildman–Crippen MR) is 58.1 cm³/mol. The minimum absolute atomic E-state index is 0.376. The fourth-order valence-corrected chi connectivity index (χ4v) is 0.943. The number of ether oxygens (including phenoxy) is 1. The molecule has 0 N–H and O–H groups in total. The first kappa shape index (κ1) is 13.5. The van der Waals surface area contributed by atoms with Crippen LogP contribution in [0.25, 0.3) is 0 Å². The molecule has 4 heteroatoms. The molecule has 1 unspecified atom stereocenters. The smallest absolute Gasteiger partial charge is 0.334 e. The first-order valence-corrected chi connectivity index (χ1v) is 4.97. The van der Waals surface area contributed by atoms with E-state index in [1.165, 1.54) is 0 Å². The van der Waals surface area contributed by atoms with Gasteiger partial charge in [-0.15, -0.1) is 0 Å². The van der Waals surface area contributed by atoms with E-state index in [4.69, 9.17) is 16.3 Å². The number of alkyl halides is 1. The fraction of sp³-hybridized carbons (Fsp3) is 0.700. The van der Waals surface area contributed by atoms with Gasteiger partial charge < -0.3 is 9.22 Å². The number of hydrogen-bond acceptors (Lipinski definition) is 2. The van der Waals surface area contributed by atoms with Gasteiger partial charge in [0.2, 0.25) is 0 Å². The number of nitrogens with zero attached hydrogens (tertiary/aromatic N) is 1. The molecule has 0 aromatic carbocycles. The zero-order chi connectivity index (χ0) is 11.4. The highest BCUT2D eigenvalue weighted by Gasteiger charge is 2.15. The number of halogens is 1. The summed E-state index contributed by atoms with van der Waals surface area (Å²) in [4.78, 5) is 11.1. The van der Waals surface area contributed by atoms with Gasteiger partial charge in [-0.25, -0.2) is 4.79 Å². The van der Waals surface area contributed by atoms with Gasteiger partial charge in [-0.3, -0.25) is 0 Å². The molecular weight excluding hydrogens is 202 g/mol. The van der Waals surface area contributed by atoms with Crippen LogP contribution in [0, 0.1) is 0 Å². The maximum absolute atomic E-state index is 11.1. The van der Waals surface area contributed by atoms with Crippen molar-refractivity contribution in [3.05, 3.63) is 12.2 Å². The van der Waals surface area contributed by atoms with Crippen molar-refractivity contribution in [2.24, 2.45) is 0 Å². The minimum atomic E-state index is -0.559. The summed E-state index contributed by atoms with van der Waals surface area (Å²) in [5.41, 5.74) is -0.183. The summed E-state index contributed by atoms with van der Waals surface area (Å²) >= 11 is 5.83. The third-order valence-corrected chi connectivity index (χ3v) is 1.92. The molecule has 0 saturated carbocycles. The maximum Gasteiger partial charge on any atom is 0.334 e. The Morgan fingerprint density at radius 1 is 1.50 bits per heavy atom. The molecule has 0 heterocycles. The van der Waals surface area contributed by atoms with Gasteiger partial charge in [0, 0.05) is 12.0 Å². The molecule has 0 saturated heterocycles. The van der Waals surface area contributed by atoms with E-state index in [1.54, 1.807) is 6.92 Å². The van der Waals surface area contributed by atoms with Gasteiger partial charge in [0.25, 0.3) is 0 Å². The fourth-order valence-electron chi connectivity index (χ4n) is 0.764. The molecule has 0 aromatic rings. The largest absolute Gasteiger partial charge is 0.442 e. The summed E-state index contributed by atoms with van der Waals surface area (Å²) in [6, 6.07) is 0. The molecule has 0 spiro atoms. The zero-order valence-corrected chi connectivity index (χ0v) is 10.1. The van der Waals surface area contributed by atoms with Crippen molar-refractivity contribution < 1.29 is 14.0 Å². The second-order valence-corrected chi connectivity index (χ2v) is 4.89. The third kappa shape index (κ3) is 6.92. The molecule has 1 atom stereocenters. The summed E-state index contributed by atoms with van der Waals surface area (Å²) < 4.78 is 5.72. The zero-order valence-electron chi connectivity index (χ0n) is 9.34. The van der Waals surface area contributed by atoms with Crippen molar-refractivity contribution in [2.45, 2.75) is 18.9 Å². The van der Waals surface area contributed by atoms with Crippen LogP contribution in [-0.2, 0) is 9.53 Å². The van der Waals surface area contributed by atoms with E-state index < -0.39 is 11.5 Å². The third-order valence-electron chi connectivity index (χ3n) is 1.61. The van der Waals surface area contributed by atoms with E-state index in [0.29, 0.717) is 12.0 Å². The first-order valence-electron chi connectivity index (χ1n) is 4.53. The number of hydrogen-bond donors (Lipinski definition) is 0. The highest BCUT2D eigenvalue weighted by atomic mass is 35.5. The van der Waals surface area contributed by atoms with Crippen LogP contribution in [0.3, 0.4) is 0 Å². The quantitative estimate of drug-likeness (QED) is 0.306. The molecule has 3 nitrogen and oxygen atoms in total. The molecule has 0 aromatic heterocycles. The van der Waals surface area contributed by atoms with Crippen LogP contribution >= 0.6 is 11.6 Å². The average molecular weight is 221 g/mol. The van der Waals surface area contributed by atoms with Gasteiger partial charge in [0.15, 0.2) is 5.56 Å². The standard InChI is InChI=1S/C10H19ClNO2/c1-8(2)10(13)14-9(11)6-7-12(3,4)5/h9H,1,6-7H2,2-5H3/q+1. The number of carbonyl (C=O) groups excluding carboxylic acids is 1. The van der Waals surface area contributed by atoms with Gasteiger partial charge in [0.1, 0.15) is 0 Å². The van der Waals surface area contributed by atoms with E-state index in [2.05, 4.69) is 27.7 Å². The lowest BCUT2D eigenvalue weighted by molar-refractivity contribution is -0.870. The van der Waals surface area contributed by atoms with E-state index in [1.807, 2.05) is 0 Å². The summed E-state index contributed by atoms with van der Waals surface area (Å²) in [5.74, 6) is -0.425. The van der Waals surface area contributed by atoms with E-state index in [-0.39, 0.29) is 0 Å². The summed E-state index contributed by atoms with van der Waals surface area (Å²) in [6.45, 7) is 5.94. The Morgan fingerprint density at radius 3 is 2.36 bits per heavy atom. The second-order valence-electron chi connectivity index (χ2n) is 4.40. The number of esters is 1. The van der Waals surface area contributed by atoms with Crippen LogP contribution in [0.15, 0.2) is 12.2 Å². The van der Waals surface area contributed by atoms with Crippen LogP contribution < -0.4 is 0 Å². The van der Waals surface area contributed by atoms with Crippen molar-refractivity contribution in [1.82, 2.24) is 0 Å². The highest BCUT2D eigenvalue weighted by Crippen LogP contribution is 2.09. The molecule has 0 amide bonds. The molecule has 0 aliphatic carbocycles. The Balaban J connectivity index is 3.82. The highest BCUT2D eigenvalue weighted by molar-refractivity contribution is 6.20. The van der Waals surface area contributed by atoms with Crippen molar-refractivity contribution in [3.8, 4) is 0 Å². The van der Waals surface area contributed by atoms with Crippen LogP contribution in [0.5, 0.6) is 0 Å². The lowest BCUT2D eigenvalue weighted by atomic mass is 10.3. The SMILES string of the molecule is C=C(C)C(=O)OC(Cl)CC[N+](C)(C)C. The molecule has 0 aliphatic rings. The Labute approximate surface area is 90.9 Å². The summed E-state index contributed by atoms with van der Waals surface area (Å²) in [5, 5.41) is 0. The molecule has 0 fully saturated rings. The molecular formula is C10H19ClNO2+. The number of carbonyl (C=O) groups is 1. The van der Waals surface area contributed by atoms with Gasteiger partial charge in [-0.1, -0.05) is 18.2 Å². The van der Waals surface area contributed by atoms with Gasteiger partial charge in [-0.2, -0.15) is 0 Å². The number of quaternary nitrogens is 1. The Morgan fingerprint density at radius 2 is 2.00 bits per heavy atom. The van der Waals surface area contributed by atoms with E-state index in [9.17, 15) is 4.79 Å². The Hall–Kier alpha value is -0.540. The van der Waals surface area contributed by atoms with Crippen LogP contribution in [0.1, 0.15) is 13.3 Å². The average Bonchev–Trinajstić information content (AvgIpc) is 1.99. The molecule has 0 aliphatic heterocycles. The van der Waals surface area contributed by atoms with Gasteiger partial charge in [0.05, 0.1) is 27.7 Å². The molecule has 14 heavy (non-hydrogen) atoms. The van der Waals surface area contributed by atoms with E-state index in [0.717, 1.165) is 11.0 Å². The predicted octanol–water partition coefficient (Wildman–Crippen LogP) is 1.77. The normalized spacial score (nSPS) is 13.5. The first-order chi connectivity index (χ1) is 6.22. The molecule has 0 radical (unpaired) electrons.